The van der Waals surface area contributed by atoms with Crippen molar-refractivity contribution in [2.45, 2.75) is 6.92 Å². The fourth-order valence-corrected chi connectivity index (χ4v) is 2.51. The molecule has 0 spiro atoms. The summed E-state index contributed by atoms with van der Waals surface area (Å²) in [5, 5.41) is 6.64. The van der Waals surface area contributed by atoms with Gasteiger partial charge in [-0.15, -0.1) is 0 Å². The Morgan fingerprint density at radius 3 is 2.57 bits per heavy atom. The molecule has 7 nitrogen and oxygen atoms in total. The molecule has 0 saturated heterocycles. The highest BCUT2D eigenvalue weighted by atomic mass is 19.1. The standard InChI is InChI=1S/C20H18FN3O4/c1-3-28-18-12-17(25)19(20(26)22-14-6-4-5-13(21)11-14)23-24(18)15-7-9-16(27-2)10-8-15/h4-12H,3H2,1-2H3,(H,22,26). The second-order valence-corrected chi connectivity index (χ2v) is 5.70. The summed E-state index contributed by atoms with van der Waals surface area (Å²) in [6.45, 7) is 2.08. The molecular weight excluding hydrogens is 365 g/mol. The average Bonchev–Trinajstić information content (AvgIpc) is 2.68. The van der Waals surface area contributed by atoms with Gasteiger partial charge in [0.2, 0.25) is 11.3 Å². The van der Waals surface area contributed by atoms with E-state index in [1.54, 1.807) is 38.3 Å². The van der Waals surface area contributed by atoms with Crippen LogP contribution >= 0.6 is 0 Å². The van der Waals surface area contributed by atoms with Crippen LogP contribution in [-0.2, 0) is 0 Å². The zero-order chi connectivity index (χ0) is 20.1. The van der Waals surface area contributed by atoms with Crippen molar-refractivity contribution in [1.29, 1.82) is 0 Å². The van der Waals surface area contributed by atoms with Crippen molar-refractivity contribution in [3.63, 3.8) is 0 Å². The topological polar surface area (TPSA) is 82.5 Å². The monoisotopic (exact) mass is 383 g/mol. The smallest absolute Gasteiger partial charge is 0.280 e. The van der Waals surface area contributed by atoms with Crippen LogP contribution in [0.5, 0.6) is 11.6 Å². The van der Waals surface area contributed by atoms with E-state index in [2.05, 4.69) is 10.4 Å². The van der Waals surface area contributed by atoms with Crippen LogP contribution in [-0.4, -0.2) is 29.4 Å². The van der Waals surface area contributed by atoms with Crippen LogP contribution in [0.2, 0.25) is 0 Å². The molecular formula is C20H18FN3O4. The van der Waals surface area contributed by atoms with E-state index in [1.807, 2.05) is 0 Å². The summed E-state index contributed by atoms with van der Waals surface area (Å²) in [5.41, 5.74) is -0.161. The lowest BCUT2D eigenvalue weighted by atomic mass is 10.2. The minimum Gasteiger partial charge on any atom is -0.497 e. The van der Waals surface area contributed by atoms with Crippen molar-refractivity contribution in [3.05, 3.63) is 76.3 Å². The first-order chi connectivity index (χ1) is 13.5. The lowest BCUT2D eigenvalue weighted by Gasteiger charge is -2.14. The van der Waals surface area contributed by atoms with Gasteiger partial charge in [0.25, 0.3) is 5.91 Å². The van der Waals surface area contributed by atoms with E-state index in [0.717, 1.165) is 6.07 Å². The number of benzene rings is 2. The highest BCUT2D eigenvalue weighted by molar-refractivity contribution is 6.02. The van der Waals surface area contributed by atoms with E-state index in [9.17, 15) is 14.0 Å². The molecule has 0 aliphatic carbocycles. The maximum absolute atomic E-state index is 13.3. The van der Waals surface area contributed by atoms with Crippen molar-refractivity contribution < 1.29 is 18.7 Å². The van der Waals surface area contributed by atoms with Crippen LogP contribution in [0, 0.1) is 5.82 Å². The first-order valence-electron chi connectivity index (χ1n) is 8.50. The normalized spacial score (nSPS) is 10.4. The molecule has 0 bridgehead atoms. The second-order valence-electron chi connectivity index (χ2n) is 5.70. The highest BCUT2D eigenvalue weighted by Crippen LogP contribution is 2.19. The molecule has 28 heavy (non-hydrogen) atoms. The summed E-state index contributed by atoms with van der Waals surface area (Å²) in [5.74, 6) is -0.416. The summed E-state index contributed by atoms with van der Waals surface area (Å²) in [4.78, 5) is 24.9. The zero-order valence-electron chi connectivity index (χ0n) is 15.3. The zero-order valence-corrected chi connectivity index (χ0v) is 15.3. The number of anilines is 1. The number of nitrogens with zero attached hydrogens (tertiary/aromatic N) is 2. The lowest BCUT2D eigenvalue weighted by Crippen LogP contribution is -2.26. The number of carbonyl (C=O) groups is 1. The van der Waals surface area contributed by atoms with E-state index >= 15 is 0 Å². The molecule has 3 aromatic rings. The molecule has 8 heteroatoms. The molecule has 0 fully saturated rings. The van der Waals surface area contributed by atoms with Crippen molar-refractivity contribution in [3.8, 4) is 17.3 Å². The minimum atomic E-state index is -0.749. The van der Waals surface area contributed by atoms with Gasteiger partial charge in [0.1, 0.15) is 11.6 Å². The molecule has 144 valence electrons. The van der Waals surface area contributed by atoms with E-state index in [1.165, 1.54) is 28.9 Å². The molecule has 0 saturated carbocycles. The Bertz CT molecular complexity index is 1050. The van der Waals surface area contributed by atoms with E-state index < -0.39 is 17.2 Å². The Morgan fingerprint density at radius 2 is 1.93 bits per heavy atom. The number of halogens is 1. The molecule has 1 heterocycles. The second kappa shape index (κ2) is 8.34. The Hall–Kier alpha value is -3.68. The summed E-state index contributed by atoms with van der Waals surface area (Å²) in [6, 6.07) is 13.4. The van der Waals surface area contributed by atoms with Gasteiger partial charge < -0.3 is 14.8 Å². The number of methoxy groups -OCH3 is 1. The van der Waals surface area contributed by atoms with Crippen molar-refractivity contribution in [2.75, 3.05) is 19.0 Å². The molecule has 0 radical (unpaired) electrons. The molecule has 2 aromatic carbocycles. The number of aromatic nitrogens is 2. The fourth-order valence-electron chi connectivity index (χ4n) is 2.51. The molecule has 1 amide bonds. The average molecular weight is 383 g/mol. The first kappa shape index (κ1) is 19.1. The van der Waals surface area contributed by atoms with Crippen LogP contribution in [0.3, 0.4) is 0 Å². The predicted octanol–water partition coefficient (Wildman–Crippen LogP) is 3.03. The number of nitrogens with one attached hydrogen (secondary N) is 1. The number of carbonyl (C=O) groups excluding carboxylic acids is 1. The number of hydrogen-bond acceptors (Lipinski definition) is 5. The lowest BCUT2D eigenvalue weighted by molar-refractivity contribution is 0.101. The molecule has 0 aliphatic heterocycles. The van der Waals surface area contributed by atoms with Gasteiger partial charge in [0.15, 0.2) is 5.69 Å². The van der Waals surface area contributed by atoms with Gasteiger partial charge in [-0.1, -0.05) is 6.07 Å². The first-order valence-corrected chi connectivity index (χ1v) is 8.50. The van der Waals surface area contributed by atoms with Crippen LogP contribution in [0.25, 0.3) is 5.69 Å². The van der Waals surface area contributed by atoms with E-state index in [0.29, 0.717) is 18.0 Å². The predicted molar refractivity (Wildman–Crippen MR) is 102 cm³/mol. The molecule has 3 rings (SSSR count). The van der Waals surface area contributed by atoms with Crippen molar-refractivity contribution in [1.82, 2.24) is 9.78 Å². The maximum atomic E-state index is 13.3. The van der Waals surface area contributed by atoms with Crippen LogP contribution in [0.4, 0.5) is 10.1 Å². The Labute approximate surface area is 160 Å². The Kier molecular flexibility index (Phi) is 5.69. The third-order valence-electron chi connectivity index (χ3n) is 3.80. The van der Waals surface area contributed by atoms with Gasteiger partial charge in [0, 0.05) is 5.69 Å². The van der Waals surface area contributed by atoms with Crippen LogP contribution in [0.1, 0.15) is 17.4 Å². The van der Waals surface area contributed by atoms with Gasteiger partial charge >= 0.3 is 0 Å². The van der Waals surface area contributed by atoms with Gasteiger partial charge in [-0.2, -0.15) is 5.10 Å². The van der Waals surface area contributed by atoms with Crippen LogP contribution < -0.4 is 20.2 Å². The number of hydrogen-bond donors (Lipinski definition) is 1. The quantitative estimate of drug-likeness (QED) is 0.708. The number of rotatable bonds is 6. The molecule has 1 aromatic heterocycles. The van der Waals surface area contributed by atoms with Crippen molar-refractivity contribution in [2.24, 2.45) is 0 Å². The van der Waals surface area contributed by atoms with Gasteiger partial charge in [-0.3, -0.25) is 9.59 Å². The third kappa shape index (κ3) is 4.17. The third-order valence-corrected chi connectivity index (χ3v) is 3.80. The molecule has 1 N–H and O–H groups in total. The van der Waals surface area contributed by atoms with Crippen LogP contribution in [0.15, 0.2) is 59.4 Å². The Balaban J connectivity index is 2.01. The van der Waals surface area contributed by atoms with Gasteiger partial charge in [-0.25, -0.2) is 9.07 Å². The summed E-state index contributed by atoms with van der Waals surface area (Å²) >= 11 is 0. The van der Waals surface area contributed by atoms with E-state index in [4.69, 9.17) is 9.47 Å². The number of ether oxygens (including phenoxy) is 2. The highest BCUT2D eigenvalue weighted by Gasteiger charge is 2.18. The van der Waals surface area contributed by atoms with Crippen molar-refractivity contribution >= 4 is 11.6 Å². The Morgan fingerprint density at radius 1 is 1.18 bits per heavy atom. The summed E-state index contributed by atoms with van der Waals surface area (Å²) in [6.07, 6.45) is 0. The van der Waals surface area contributed by atoms with E-state index in [-0.39, 0.29) is 17.3 Å². The minimum absolute atomic E-state index is 0.194. The molecule has 0 unspecified atom stereocenters. The summed E-state index contributed by atoms with van der Waals surface area (Å²) in [7, 11) is 1.55. The maximum Gasteiger partial charge on any atom is 0.280 e. The SMILES string of the molecule is CCOc1cc(=O)c(C(=O)Nc2cccc(F)c2)nn1-c1ccc(OC)cc1. The molecule has 0 aliphatic rings. The van der Waals surface area contributed by atoms with Gasteiger partial charge in [-0.05, 0) is 49.4 Å². The number of amides is 1. The fraction of sp³-hybridized carbons (Fsp3) is 0.150. The molecule has 0 atom stereocenters. The summed E-state index contributed by atoms with van der Waals surface area (Å²) < 4.78 is 25.3. The largest absolute Gasteiger partial charge is 0.497 e. The van der Waals surface area contributed by atoms with Gasteiger partial charge in [0.05, 0.1) is 25.5 Å².